The van der Waals surface area contributed by atoms with E-state index in [-0.39, 0.29) is 23.4 Å². The number of esters is 1. The van der Waals surface area contributed by atoms with Crippen LogP contribution in [0.15, 0.2) is 34.4 Å². The molecule has 0 saturated heterocycles. The van der Waals surface area contributed by atoms with Gasteiger partial charge in [0.2, 0.25) is 0 Å². The lowest BCUT2D eigenvalue weighted by atomic mass is 10.1. The number of aromatic amines is 1. The third-order valence-corrected chi connectivity index (χ3v) is 5.47. The van der Waals surface area contributed by atoms with Gasteiger partial charge in [-0.1, -0.05) is 12.1 Å². The number of ether oxygens (including phenoxy) is 2. The van der Waals surface area contributed by atoms with Crippen molar-refractivity contribution in [2.45, 2.75) is 19.3 Å². The van der Waals surface area contributed by atoms with E-state index < -0.39 is 0 Å². The molecule has 1 aliphatic rings. The molecule has 1 fully saturated rings. The van der Waals surface area contributed by atoms with E-state index in [2.05, 4.69) is 9.97 Å². The summed E-state index contributed by atoms with van der Waals surface area (Å²) in [6.45, 7) is 2.15. The van der Waals surface area contributed by atoms with Gasteiger partial charge in [-0.05, 0) is 31.0 Å². The van der Waals surface area contributed by atoms with Gasteiger partial charge in [0.05, 0.1) is 25.0 Å². The van der Waals surface area contributed by atoms with Crippen LogP contribution in [0.2, 0.25) is 0 Å². The third kappa shape index (κ3) is 2.88. The highest BCUT2D eigenvalue weighted by molar-refractivity contribution is 7.17. The van der Waals surface area contributed by atoms with E-state index in [1.165, 1.54) is 11.3 Å². The van der Waals surface area contributed by atoms with E-state index in [1.807, 2.05) is 29.6 Å². The van der Waals surface area contributed by atoms with E-state index >= 15 is 0 Å². The maximum absolute atomic E-state index is 12.7. The zero-order valence-electron chi connectivity index (χ0n) is 14.4. The Bertz CT molecular complexity index is 1020. The molecule has 134 valence electrons. The van der Waals surface area contributed by atoms with Crippen molar-refractivity contribution in [3.8, 4) is 16.9 Å². The number of nitrogens with one attached hydrogen (secondary N) is 1. The van der Waals surface area contributed by atoms with Gasteiger partial charge >= 0.3 is 5.97 Å². The van der Waals surface area contributed by atoms with Crippen LogP contribution < -0.4 is 10.3 Å². The van der Waals surface area contributed by atoms with Gasteiger partial charge in [0.25, 0.3) is 5.56 Å². The highest BCUT2D eigenvalue weighted by Crippen LogP contribution is 2.47. The number of thiophene rings is 1. The van der Waals surface area contributed by atoms with Crippen molar-refractivity contribution in [2.75, 3.05) is 13.7 Å². The Balaban J connectivity index is 1.68. The van der Waals surface area contributed by atoms with Crippen LogP contribution in [-0.4, -0.2) is 29.7 Å². The van der Waals surface area contributed by atoms with Crippen molar-refractivity contribution in [2.24, 2.45) is 5.92 Å². The number of hydrogen-bond acceptors (Lipinski definition) is 6. The molecule has 26 heavy (non-hydrogen) atoms. The van der Waals surface area contributed by atoms with E-state index in [0.717, 1.165) is 16.9 Å². The van der Waals surface area contributed by atoms with Crippen molar-refractivity contribution in [3.05, 3.63) is 45.8 Å². The molecule has 0 amide bonds. The Hall–Kier alpha value is -2.67. The van der Waals surface area contributed by atoms with Crippen LogP contribution in [0.3, 0.4) is 0 Å². The zero-order valence-corrected chi connectivity index (χ0v) is 15.3. The summed E-state index contributed by atoms with van der Waals surface area (Å²) >= 11 is 1.43. The number of nitrogens with zero attached hydrogens (tertiary/aromatic N) is 1. The molecule has 6 nitrogen and oxygen atoms in total. The summed E-state index contributed by atoms with van der Waals surface area (Å²) in [6, 6.07) is 7.57. The SMILES string of the molecule is CCOC(=O)[C@@H]1C[C@H]1c1nc2scc(-c3ccc(OC)cc3)c2c(=O)[nH]1. The molecular formula is C19H18N2O4S. The molecule has 2 atom stereocenters. The Labute approximate surface area is 153 Å². The molecule has 0 spiro atoms. The third-order valence-electron chi connectivity index (χ3n) is 4.59. The first-order valence-corrected chi connectivity index (χ1v) is 9.32. The zero-order chi connectivity index (χ0) is 18.3. The molecule has 0 aliphatic heterocycles. The first-order chi connectivity index (χ1) is 12.6. The first kappa shape index (κ1) is 16.8. The smallest absolute Gasteiger partial charge is 0.309 e. The molecule has 1 aliphatic carbocycles. The number of fused-ring (bicyclic) bond motifs is 1. The summed E-state index contributed by atoms with van der Waals surface area (Å²) < 4.78 is 10.2. The van der Waals surface area contributed by atoms with Crippen molar-refractivity contribution in [1.82, 2.24) is 9.97 Å². The predicted octanol–water partition coefficient (Wildman–Crippen LogP) is 3.33. The lowest BCUT2D eigenvalue weighted by Crippen LogP contribution is -2.13. The van der Waals surface area contributed by atoms with Gasteiger partial charge in [0.1, 0.15) is 16.4 Å². The number of carbonyl (C=O) groups excluding carboxylic acids is 1. The Morgan fingerprint density at radius 3 is 2.81 bits per heavy atom. The topological polar surface area (TPSA) is 81.3 Å². The summed E-state index contributed by atoms with van der Waals surface area (Å²) in [7, 11) is 1.62. The quantitative estimate of drug-likeness (QED) is 0.697. The van der Waals surface area contributed by atoms with Gasteiger partial charge in [-0.15, -0.1) is 11.3 Å². The van der Waals surface area contributed by atoms with E-state index in [1.54, 1.807) is 14.0 Å². The van der Waals surface area contributed by atoms with Crippen LogP contribution in [0.25, 0.3) is 21.3 Å². The van der Waals surface area contributed by atoms with Crippen LogP contribution in [0, 0.1) is 5.92 Å². The molecule has 2 heterocycles. The molecule has 0 unspecified atom stereocenters. The highest BCUT2D eigenvalue weighted by atomic mass is 32.1. The molecular weight excluding hydrogens is 352 g/mol. The van der Waals surface area contributed by atoms with Crippen molar-refractivity contribution < 1.29 is 14.3 Å². The number of methoxy groups -OCH3 is 1. The summed E-state index contributed by atoms with van der Waals surface area (Å²) in [6.07, 6.45) is 0.671. The fraction of sp³-hybridized carbons (Fsp3) is 0.316. The van der Waals surface area contributed by atoms with Crippen LogP contribution in [0.5, 0.6) is 5.75 Å². The van der Waals surface area contributed by atoms with Gasteiger partial charge < -0.3 is 14.5 Å². The number of carbonyl (C=O) groups is 1. The molecule has 1 saturated carbocycles. The summed E-state index contributed by atoms with van der Waals surface area (Å²) in [5.41, 5.74) is 1.62. The number of benzene rings is 1. The minimum Gasteiger partial charge on any atom is -0.497 e. The highest BCUT2D eigenvalue weighted by Gasteiger charge is 2.47. The minimum atomic E-state index is -0.217. The maximum atomic E-state index is 12.7. The minimum absolute atomic E-state index is 0.0577. The molecule has 1 aromatic carbocycles. The van der Waals surface area contributed by atoms with Crippen LogP contribution in [0.1, 0.15) is 25.1 Å². The number of H-pyrrole nitrogens is 1. The second kappa shape index (κ2) is 6.57. The molecule has 0 radical (unpaired) electrons. The maximum Gasteiger partial charge on any atom is 0.309 e. The Morgan fingerprint density at radius 1 is 1.35 bits per heavy atom. The van der Waals surface area contributed by atoms with Gasteiger partial charge in [-0.2, -0.15) is 0 Å². The van der Waals surface area contributed by atoms with E-state index in [0.29, 0.717) is 29.1 Å². The fourth-order valence-corrected chi connectivity index (χ4v) is 4.09. The fourth-order valence-electron chi connectivity index (χ4n) is 3.13. The lowest BCUT2D eigenvalue weighted by molar-refractivity contribution is -0.144. The average molecular weight is 370 g/mol. The van der Waals surface area contributed by atoms with Crippen molar-refractivity contribution in [1.29, 1.82) is 0 Å². The molecule has 1 N–H and O–H groups in total. The normalized spacial score (nSPS) is 18.7. The first-order valence-electron chi connectivity index (χ1n) is 8.44. The van der Waals surface area contributed by atoms with Crippen molar-refractivity contribution >= 4 is 27.5 Å². The van der Waals surface area contributed by atoms with Gasteiger partial charge in [-0.3, -0.25) is 9.59 Å². The Morgan fingerprint density at radius 2 is 2.12 bits per heavy atom. The largest absolute Gasteiger partial charge is 0.497 e. The average Bonchev–Trinajstić information content (AvgIpc) is 3.34. The Kier molecular flexibility index (Phi) is 4.24. The molecule has 0 bridgehead atoms. The predicted molar refractivity (Wildman–Crippen MR) is 99.7 cm³/mol. The summed E-state index contributed by atoms with van der Waals surface area (Å²) in [5, 5.41) is 2.52. The van der Waals surface area contributed by atoms with Gasteiger partial charge in [-0.25, -0.2) is 4.98 Å². The molecule has 7 heteroatoms. The number of rotatable bonds is 5. The van der Waals surface area contributed by atoms with Gasteiger partial charge in [0, 0.05) is 16.9 Å². The monoisotopic (exact) mass is 370 g/mol. The van der Waals surface area contributed by atoms with E-state index in [4.69, 9.17) is 9.47 Å². The second-order valence-corrected chi connectivity index (χ2v) is 7.07. The number of aromatic nitrogens is 2. The van der Waals surface area contributed by atoms with Crippen LogP contribution in [0.4, 0.5) is 0 Å². The standard InChI is InChI=1S/C19H18N2O4S/c1-3-25-19(23)13-8-12(13)16-20-17(22)15-14(9-26-18(15)21-16)10-4-6-11(24-2)7-5-10/h4-7,9,12-13H,3,8H2,1-2H3,(H,20,21,22)/t12-,13-/m1/s1. The summed E-state index contributed by atoms with van der Waals surface area (Å²) in [5.74, 6) is 0.865. The second-order valence-electron chi connectivity index (χ2n) is 6.21. The van der Waals surface area contributed by atoms with Crippen molar-refractivity contribution in [3.63, 3.8) is 0 Å². The van der Waals surface area contributed by atoms with Crippen LogP contribution >= 0.6 is 11.3 Å². The summed E-state index contributed by atoms with van der Waals surface area (Å²) in [4.78, 5) is 32.7. The molecule has 3 aromatic rings. The van der Waals surface area contributed by atoms with E-state index in [9.17, 15) is 9.59 Å². The number of hydrogen-bond donors (Lipinski definition) is 1. The molecule has 4 rings (SSSR count). The molecule has 2 aromatic heterocycles. The lowest BCUT2D eigenvalue weighted by Gasteiger charge is -2.04. The van der Waals surface area contributed by atoms with Gasteiger partial charge in [0.15, 0.2) is 0 Å². The van der Waals surface area contributed by atoms with Crippen LogP contribution in [-0.2, 0) is 9.53 Å².